The smallest absolute Gasteiger partial charge is 0.332 e. The van der Waals surface area contributed by atoms with E-state index in [1.54, 1.807) is 45.2 Å². The number of urea groups is 1. The predicted octanol–water partition coefficient (Wildman–Crippen LogP) is 3.34. The molecule has 13 heteroatoms. The Bertz CT molecular complexity index is 1750. The maximum atomic E-state index is 14.2. The van der Waals surface area contributed by atoms with Gasteiger partial charge in [0.25, 0.3) is 0 Å². The van der Waals surface area contributed by atoms with Crippen molar-refractivity contribution in [2.45, 2.75) is 31.7 Å². The summed E-state index contributed by atoms with van der Waals surface area (Å²) in [5, 5.41) is 6.44. The molecular weight excluding hydrogens is 595 g/mol. The molecule has 11 nitrogen and oxygen atoms in total. The molecule has 2 atom stereocenters. The second-order valence-corrected chi connectivity index (χ2v) is 12.1. The van der Waals surface area contributed by atoms with Gasteiger partial charge in [0.1, 0.15) is 18.0 Å². The first-order valence-corrected chi connectivity index (χ1v) is 15.3. The van der Waals surface area contributed by atoms with E-state index in [0.717, 1.165) is 26.9 Å². The van der Waals surface area contributed by atoms with E-state index in [4.69, 9.17) is 11.5 Å². The zero-order valence-corrected chi connectivity index (χ0v) is 25.3. The molecule has 0 radical (unpaired) electrons. The zero-order valence-electron chi connectivity index (χ0n) is 24.4. The number of amides is 4. The van der Waals surface area contributed by atoms with E-state index in [1.165, 1.54) is 28.5 Å². The van der Waals surface area contributed by atoms with Crippen molar-refractivity contribution in [2.75, 3.05) is 31.1 Å². The Labute approximate surface area is 263 Å². The SMILES string of the molecule is C=CCN(C(=O)NCc1ccc(F)cc1)N1CC(=O)N2[C@@H](Cc3ccc(N)cc3)C(=O)N(Cc3cccc4sc(N)nc34)C[C@@H]21. The van der Waals surface area contributed by atoms with Crippen LogP contribution in [-0.2, 0) is 29.1 Å². The van der Waals surface area contributed by atoms with Gasteiger partial charge < -0.3 is 26.6 Å². The Morgan fingerprint density at radius 3 is 2.56 bits per heavy atom. The summed E-state index contributed by atoms with van der Waals surface area (Å²) in [5.74, 6) is -0.828. The molecule has 4 amide bonds. The molecule has 0 aliphatic carbocycles. The number of nitrogen functional groups attached to an aromatic ring is 2. The fraction of sp³-hybridized carbons (Fsp3) is 0.250. The van der Waals surface area contributed by atoms with Gasteiger partial charge in [-0.15, -0.1) is 6.58 Å². The van der Waals surface area contributed by atoms with Crippen LogP contribution in [0.5, 0.6) is 0 Å². The van der Waals surface area contributed by atoms with Gasteiger partial charge in [0.05, 0.1) is 29.9 Å². The number of carbonyl (C=O) groups excluding carboxylic acids is 3. The third-order valence-electron chi connectivity index (χ3n) is 8.06. The maximum Gasteiger partial charge on any atom is 0.332 e. The quantitative estimate of drug-likeness (QED) is 0.191. The fourth-order valence-corrected chi connectivity index (χ4v) is 6.70. The predicted molar refractivity (Wildman–Crippen MR) is 171 cm³/mol. The highest BCUT2D eigenvalue weighted by Gasteiger charge is 2.52. The van der Waals surface area contributed by atoms with Crippen molar-refractivity contribution in [1.29, 1.82) is 0 Å². The second kappa shape index (κ2) is 12.5. The topological polar surface area (TPSA) is 141 Å². The number of halogens is 1. The Balaban J connectivity index is 1.31. The van der Waals surface area contributed by atoms with Gasteiger partial charge in [-0.25, -0.2) is 14.2 Å². The maximum absolute atomic E-state index is 14.2. The zero-order chi connectivity index (χ0) is 31.7. The van der Waals surface area contributed by atoms with Crippen molar-refractivity contribution in [1.82, 2.24) is 30.1 Å². The first kappa shape index (κ1) is 30.0. The molecule has 45 heavy (non-hydrogen) atoms. The number of fused-ring (bicyclic) bond motifs is 2. The average molecular weight is 629 g/mol. The van der Waals surface area contributed by atoms with E-state index in [1.807, 2.05) is 30.3 Å². The van der Waals surface area contributed by atoms with Crippen LogP contribution in [0.15, 0.2) is 79.4 Å². The molecule has 2 saturated heterocycles. The summed E-state index contributed by atoms with van der Waals surface area (Å²) in [6.07, 6.45) is 1.23. The Kier molecular flexibility index (Phi) is 8.37. The van der Waals surface area contributed by atoms with Crippen molar-refractivity contribution in [3.8, 4) is 0 Å². The normalized spacial score (nSPS) is 18.3. The first-order valence-electron chi connectivity index (χ1n) is 14.5. The highest BCUT2D eigenvalue weighted by Crippen LogP contribution is 2.32. The third-order valence-corrected chi connectivity index (χ3v) is 8.91. The van der Waals surface area contributed by atoms with Gasteiger partial charge in [0.2, 0.25) is 11.8 Å². The van der Waals surface area contributed by atoms with Crippen molar-refractivity contribution >= 4 is 50.2 Å². The molecule has 0 saturated carbocycles. The number of para-hydroxylation sites is 1. The Hall–Kier alpha value is -5.01. The van der Waals surface area contributed by atoms with E-state index in [-0.39, 0.29) is 56.8 Å². The lowest BCUT2D eigenvalue weighted by Crippen LogP contribution is -2.66. The number of anilines is 2. The van der Waals surface area contributed by atoms with Crippen LogP contribution < -0.4 is 16.8 Å². The Morgan fingerprint density at radius 1 is 1.09 bits per heavy atom. The molecule has 2 aliphatic heterocycles. The molecule has 3 heterocycles. The van der Waals surface area contributed by atoms with E-state index in [0.29, 0.717) is 10.8 Å². The van der Waals surface area contributed by atoms with Crippen molar-refractivity contribution in [2.24, 2.45) is 0 Å². The minimum Gasteiger partial charge on any atom is -0.399 e. The highest BCUT2D eigenvalue weighted by molar-refractivity contribution is 7.22. The first-order chi connectivity index (χ1) is 21.7. The Morgan fingerprint density at radius 2 is 1.82 bits per heavy atom. The van der Waals surface area contributed by atoms with Crippen LogP contribution in [0.2, 0.25) is 0 Å². The molecule has 3 aromatic carbocycles. The van der Waals surface area contributed by atoms with Gasteiger partial charge in [0.15, 0.2) is 5.13 Å². The number of hydrogen-bond donors (Lipinski definition) is 3. The van der Waals surface area contributed by atoms with Gasteiger partial charge in [-0.1, -0.05) is 53.8 Å². The van der Waals surface area contributed by atoms with E-state index in [9.17, 15) is 18.8 Å². The molecule has 5 N–H and O–H groups in total. The largest absolute Gasteiger partial charge is 0.399 e. The third kappa shape index (κ3) is 6.17. The molecule has 0 bridgehead atoms. The van der Waals surface area contributed by atoms with E-state index < -0.39 is 18.2 Å². The van der Waals surface area contributed by atoms with Crippen molar-refractivity contribution in [3.05, 3.63) is 102 Å². The number of thiazole rings is 1. The summed E-state index contributed by atoms with van der Waals surface area (Å²) < 4.78 is 14.3. The molecule has 6 rings (SSSR count). The lowest BCUT2D eigenvalue weighted by Gasteiger charge is -2.46. The van der Waals surface area contributed by atoms with Gasteiger partial charge in [0, 0.05) is 25.2 Å². The molecular formula is C32H33FN8O3S. The monoisotopic (exact) mass is 628 g/mol. The minimum atomic E-state index is -0.808. The van der Waals surface area contributed by atoms with Crippen LogP contribution in [0.4, 0.5) is 20.0 Å². The van der Waals surface area contributed by atoms with Crippen molar-refractivity contribution in [3.63, 3.8) is 0 Å². The highest BCUT2D eigenvalue weighted by atomic mass is 32.1. The number of nitrogens with two attached hydrogens (primary N) is 2. The van der Waals surface area contributed by atoms with Gasteiger partial charge in [-0.2, -0.15) is 5.01 Å². The summed E-state index contributed by atoms with van der Waals surface area (Å²) in [4.78, 5) is 49.2. The molecule has 2 fully saturated rings. The van der Waals surface area contributed by atoms with E-state index >= 15 is 0 Å². The second-order valence-electron chi connectivity index (χ2n) is 11.0. The number of nitrogens with zero attached hydrogens (tertiary/aromatic N) is 5. The molecule has 4 aromatic rings. The van der Waals surface area contributed by atoms with Gasteiger partial charge >= 0.3 is 6.03 Å². The van der Waals surface area contributed by atoms with Crippen LogP contribution >= 0.6 is 11.3 Å². The van der Waals surface area contributed by atoms with Crippen LogP contribution in [0.25, 0.3) is 10.2 Å². The molecule has 232 valence electrons. The van der Waals surface area contributed by atoms with Crippen LogP contribution in [0.1, 0.15) is 16.7 Å². The molecule has 1 aromatic heterocycles. The summed E-state index contributed by atoms with van der Waals surface area (Å²) in [6.45, 7) is 4.42. The summed E-state index contributed by atoms with van der Waals surface area (Å²) in [6, 6.07) is 17.6. The van der Waals surface area contributed by atoms with Gasteiger partial charge in [-0.3, -0.25) is 14.6 Å². The number of nitrogens with one attached hydrogen (secondary N) is 1. The number of rotatable bonds is 9. The number of piperazine rings is 1. The van der Waals surface area contributed by atoms with Crippen LogP contribution in [0.3, 0.4) is 0 Å². The molecule has 2 aliphatic rings. The van der Waals surface area contributed by atoms with Gasteiger partial charge in [-0.05, 0) is 47.0 Å². The minimum absolute atomic E-state index is 0.0972. The number of aromatic nitrogens is 1. The van der Waals surface area contributed by atoms with Crippen LogP contribution in [0, 0.1) is 5.82 Å². The molecule has 0 unspecified atom stereocenters. The summed E-state index contributed by atoms with van der Waals surface area (Å²) >= 11 is 1.38. The lowest BCUT2D eigenvalue weighted by molar-refractivity contribution is -0.157. The van der Waals surface area contributed by atoms with Crippen LogP contribution in [-0.4, -0.2) is 74.5 Å². The standard InChI is InChI=1S/C32H33FN8O3S/c1-2-14-39(32(44)36-16-21-6-10-23(33)11-7-21)40-19-28(42)41-25(15-20-8-12-24(34)13-9-20)30(43)38(18-27(40)41)17-22-4-3-5-26-29(22)37-31(35)45-26/h2-13,25,27H,1,14-19,34H2,(H2,35,37)(H,36,44)/t25-,27+/m0/s1. The summed E-state index contributed by atoms with van der Waals surface area (Å²) in [5.41, 5.74) is 15.6. The number of hydrogen-bond acceptors (Lipinski definition) is 8. The number of carbonyl (C=O) groups is 3. The fourth-order valence-electron chi connectivity index (χ4n) is 5.92. The number of hydrazine groups is 1. The van der Waals surface area contributed by atoms with Crippen molar-refractivity contribution < 1.29 is 18.8 Å². The summed E-state index contributed by atoms with van der Waals surface area (Å²) in [7, 11) is 0. The average Bonchev–Trinajstić information content (AvgIpc) is 3.57. The van der Waals surface area contributed by atoms with E-state index in [2.05, 4.69) is 16.9 Å². The molecule has 0 spiro atoms. The number of benzene rings is 3. The lowest BCUT2D eigenvalue weighted by atomic mass is 9.99.